The number of carbonyl (C=O) groups excluding carboxylic acids is 7. The number of nitrogens with one attached hydrogen (secondary N) is 4. The number of azide groups is 1. The van der Waals surface area contributed by atoms with Gasteiger partial charge in [-0.15, -0.1) is 0 Å². The van der Waals surface area contributed by atoms with Gasteiger partial charge in [0.25, 0.3) is 5.78 Å². The summed E-state index contributed by atoms with van der Waals surface area (Å²) < 4.78 is 21.6. The van der Waals surface area contributed by atoms with Gasteiger partial charge in [-0.05, 0) is 120 Å². The average molecular weight is 1440 g/mol. The summed E-state index contributed by atoms with van der Waals surface area (Å²) in [5.74, 6) is -2.04. The van der Waals surface area contributed by atoms with Crippen LogP contribution in [0.5, 0.6) is 0 Å². The van der Waals surface area contributed by atoms with E-state index in [1.807, 2.05) is 140 Å². The van der Waals surface area contributed by atoms with Gasteiger partial charge in [0.05, 0.1) is 24.0 Å². The van der Waals surface area contributed by atoms with Crippen molar-refractivity contribution in [2.45, 2.75) is 101 Å². The van der Waals surface area contributed by atoms with Crippen LogP contribution in [0.2, 0.25) is 0 Å². The van der Waals surface area contributed by atoms with Crippen molar-refractivity contribution in [1.29, 1.82) is 0 Å². The molecule has 4 aliphatic carbocycles. The van der Waals surface area contributed by atoms with E-state index in [0.29, 0.717) is 25.7 Å². The third-order valence-electron chi connectivity index (χ3n) is 18.2. The van der Waals surface area contributed by atoms with Crippen molar-refractivity contribution in [1.82, 2.24) is 21.3 Å². The number of carbonyl (C=O) groups is 8. The molecule has 0 heterocycles. The molecule has 0 bridgehead atoms. The number of hydrogen-bond acceptors (Lipinski definition) is 13. The largest absolute Gasteiger partial charge is 0.480 e. The predicted octanol–water partition coefficient (Wildman–Crippen LogP) is 15.0. The molecule has 0 radical (unpaired) electrons. The molecule has 23 heteroatoms. The Hall–Kier alpha value is -11.5. The van der Waals surface area contributed by atoms with Crippen LogP contribution in [0.15, 0.2) is 199 Å². The van der Waals surface area contributed by atoms with Crippen molar-refractivity contribution >= 4 is 69.8 Å². The number of benzene rings is 8. The molecule has 0 saturated heterocycles. The fraction of sp³-hybridized carbons (Fsp3) is 0.278. The summed E-state index contributed by atoms with van der Waals surface area (Å²) in [5, 5.41) is 22.5. The van der Waals surface area contributed by atoms with Crippen LogP contribution in [0.4, 0.5) is 19.2 Å². The number of rotatable bonds is 24. The van der Waals surface area contributed by atoms with E-state index >= 15 is 0 Å². The summed E-state index contributed by atoms with van der Waals surface area (Å²) in [6.07, 6.45) is -0.198. The number of nitrogens with zero attached hydrogens (tertiary/aromatic N) is 5. The Balaban J connectivity index is 0.000000158. The lowest BCUT2D eigenvalue weighted by atomic mass is 9.98. The number of Topliss-reactive ketones (excluding diaryl/α,β-unsaturated/α-hetero) is 3. The van der Waals surface area contributed by atoms with Crippen molar-refractivity contribution < 1.29 is 67.2 Å². The zero-order valence-electron chi connectivity index (χ0n) is 56.7. The first-order valence-electron chi connectivity index (χ1n) is 33.6. The van der Waals surface area contributed by atoms with Crippen molar-refractivity contribution in [2.75, 3.05) is 38.3 Å². The molecule has 4 aliphatic rings. The second kappa shape index (κ2) is 36.5. The molecule has 0 unspecified atom stereocenters. The predicted molar refractivity (Wildman–Crippen MR) is 389 cm³/mol. The number of ether oxygens (including phenoxy) is 4. The third-order valence-corrected chi connectivity index (χ3v) is 18.8. The third kappa shape index (κ3) is 18.1. The van der Waals surface area contributed by atoms with Crippen molar-refractivity contribution in [3.8, 4) is 44.5 Å². The molecule has 0 spiro atoms. The van der Waals surface area contributed by atoms with E-state index in [0.717, 1.165) is 73.0 Å². The van der Waals surface area contributed by atoms with E-state index in [9.17, 15) is 38.4 Å². The van der Waals surface area contributed by atoms with Crippen LogP contribution >= 0.6 is 15.9 Å². The molecular formula is C79H78BrN9O13. The highest BCUT2D eigenvalue weighted by atomic mass is 79.9. The van der Waals surface area contributed by atoms with Crippen LogP contribution in [-0.2, 0) is 38.1 Å². The zero-order chi connectivity index (χ0) is 72.7. The molecule has 8 aromatic rings. The molecule has 4 atom stereocenters. The highest BCUT2D eigenvalue weighted by Gasteiger charge is 2.34. The van der Waals surface area contributed by atoms with Gasteiger partial charge in [0.1, 0.15) is 38.5 Å². The first-order chi connectivity index (χ1) is 49.6. The van der Waals surface area contributed by atoms with Gasteiger partial charge >= 0.3 is 36.6 Å². The Kier molecular flexibility index (Phi) is 26.8. The Morgan fingerprint density at radius 1 is 0.402 bits per heavy atom. The van der Waals surface area contributed by atoms with Gasteiger partial charge in [0, 0.05) is 28.6 Å². The Labute approximate surface area is 598 Å². The van der Waals surface area contributed by atoms with E-state index in [1.165, 1.54) is 22.3 Å². The number of hydrogen-bond donors (Lipinski definition) is 5. The standard InChI is InChI=1S/C20H20BrNO3.C20H20N4O3.C20H19N3O3.C19H19NO4/c1-2-18(19(23)11-21)22-20(24)25-12-17-15-9-5-3-7-13(15)14-8-4-6-10-16(14)17;1-2-18(19(25)11-22-24-21)23-20(26)27-12-17-15-9-5-3-7-13(15)14-8-4-6-10-16(14)17;1-2-18(19(24)11-22-21)23-20(25)26-12-17-15-9-5-3-7-13(15)14-8-4-6-10-16(14)17;1-2-17(18(21)22)20-19(23)24-11-16-14-9-5-3-7-12(14)13-8-4-6-10-15(13)16/h3-10,17-18H,2,11-12H2,1H3,(H,22,24);3-10,17-18H,2,11-12H2,1H3,(H,23,26);3-11,17-18H,2,12H2,1H3,(H,23,25);3-10,16-17H,2,11H2,1H3,(H,20,23)(H,21,22)/t3*18-;17-/m0000/s1. The number of ketones is 3. The monoisotopic (exact) mass is 1440 g/mol. The van der Waals surface area contributed by atoms with Crippen molar-refractivity contribution in [3.63, 3.8) is 0 Å². The summed E-state index contributed by atoms with van der Waals surface area (Å²) in [6, 6.07) is 61.8. The van der Waals surface area contributed by atoms with Crippen LogP contribution in [0, 0.1) is 0 Å². The summed E-state index contributed by atoms with van der Waals surface area (Å²) >= 11 is 3.13. The van der Waals surface area contributed by atoms with Crippen LogP contribution in [0.3, 0.4) is 0 Å². The van der Waals surface area contributed by atoms with Gasteiger partial charge in [-0.3, -0.25) is 14.4 Å². The van der Waals surface area contributed by atoms with Gasteiger partial charge in [-0.25, -0.2) is 24.0 Å². The van der Waals surface area contributed by atoms with Gasteiger partial charge < -0.3 is 50.9 Å². The minimum absolute atomic E-state index is 0.0186. The number of amides is 4. The lowest BCUT2D eigenvalue weighted by Crippen LogP contribution is -2.42. The normalized spacial score (nSPS) is 13.4. The summed E-state index contributed by atoms with van der Waals surface area (Å²) in [4.78, 5) is 99.9. The smallest absolute Gasteiger partial charge is 0.407 e. The van der Waals surface area contributed by atoms with Gasteiger partial charge in [-0.1, -0.05) is 243 Å². The molecule has 8 aromatic carbocycles. The first-order valence-corrected chi connectivity index (χ1v) is 34.7. The lowest BCUT2D eigenvalue weighted by molar-refractivity contribution is -0.139. The maximum absolute atomic E-state index is 12.2. The number of carboxylic acid groups (broad SMARTS) is 1. The molecule has 22 nitrogen and oxygen atoms in total. The number of carboxylic acids is 1. The molecule has 0 aromatic heterocycles. The SMILES string of the molecule is CC[C@H](NC(=O)OCC1c2ccccc2-c2ccccc21)C(=O)C=[N+]=[N-].CC[C@H](NC(=O)OCC1c2ccccc2-c2ccccc21)C(=O)CBr.CC[C@H](NC(=O)OCC1c2ccccc2-c2ccccc21)C(=O)CN=[N+]=[N-].CC[C@H](NC(=O)OCC1c2ccccc2-c2ccccc21)C(=O)O. The Morgan fingerprint density at radius 3 is 0.863 bits per heavy atom. The quantitative estimate of drug-likeness (QED) is 0.00939. The second-order valence-corrected chi connectivity index (χ2v) is 24.7. The van der Waals surface area contributed by atoms with E-state index in [4.69, 9.17) is 35.1 Å². The summed E-state index contributed by atoms with van der Waals surface area (Å²) in [6.45, 7) is 7.56. The van der Waals surface area contributed by atoms with E-state index < -0.39 is 60.3 Å². The topological polar surface area (TPSA) is 327 Å². The van der Waals surface area contributed by atoms with Gasteiger partial charge in [-0.2, -0.15) is 4.79 Å². The molecule has 102 heavy (non-hydrogen) atoms. The summed E-state index contributed by atoms with van der Waals surface area (Å²) in [5.41, 5.74) is 35.1. The summed E-state index contributed by atoms with van der Waals surface area (Å²) in [7, 11) is 0. The van der Waals surface area contributed by atoms with Crippen LogP contribution in [-0.4, -0.2) is 126 Å². The molecule has 4 amide bonds. The number of fused-ring (bicyclic) bond motifs is 12. The number of alkyl carbamates (subject to hydrolysis) is 4. The molecule has 12 rings (SSSR count). The van der Waals surface area contributed by atoms with E-state index in [2.05, 4.69) is 113 Å². The fourth-order valence-electron chi connectivity index (χ4n) is 13.1. The van der Waals surface area contributed by atoms with Crippen LogP contribution in [0.1, 0.15) is 122 Å². The Bertz CT molecular complexity index is 4300. The minimum atomic E-state index is -1.06. The van der Waals surface area contributed by atoms with Crippen LogP contribution in [0.25, 0.3) is 60.5 Å². The molecule has 5 N–H and O–H groups in total. The number of alkyl halides is 1. The molecule has 0 aliphatic heterocycles. The first kappa shape index (κ1) is 74.7. The lowest BCUT2D eigenvalue weighted by Gasteiger charge is -2.17. The van der Waals surface area contributed by atoms with Crippen LogP contribution < -0.4 is 21.3 Å². The molecule has 0 saturated carbocycles. The maximum Gasteiger partial charge on any atom is 0.407 e. The molecule has 524 valence electrons. The highest BCUT2D eigenvalue weighted by Crippen LogP contribution is 2.48. The van der Waals surface area contributed by atoms with Gasteiger partial charge in [0.15, 0.2) is 11.6 Å². The van der Waals surface area contributed by atoms with Crippen molar-refractivity contribution in [2.24, 2.45) is 5.11 Å². The average Bonchev–Trinajstić information content (AvgIpc) is 1.65. The van der Waals surface area contributed by atoms with E-state index in [1.54, 1.807) is 20.8 Å². The minimum Gasteiger partial charge on any atom is -0.480 e. The molecule has 0 fully saturated rings. The fourth-order valence-corrected chi connectivity index (χ4v) is 13.5. The second-order valence-electron chi connectivity index (χ2n) is 24.2. The van der Waals surface area contributed by atoms with E-state index in [-0.39, 0.29) is 73.5 Å². The molecular weight excluding hydrogens is 1360 g/mol. The van der Waals surface area contributed by atoms with Crippen molar-refractivity contribution in [3.05, 3.63) is 255 Å². The maximum atomic E-state index is 12.2. The number of aliphatic carboxylic acids is 1. The van der Waals surface area contributed by atoms with Gasteiger partial charge in [0.2, 0.25) is 0 Å². The zero-order valence-corrected chi connectivity index (χ0v) is 58.3. The Morgan fingerprint density at radius 2 is 0.637 bits per heavy atom. The number of halogens is 1. The highest BCUT2D eigenvalue weighted by molar-refractivity contribution is 9.09.